The molecule has 1 aliphatic rings. The van der Waals surface area contributed by atoms with Crippen LogP contribution in [0.15, 0.2) is 54.6 Å². The van der Waals surface area contributed by atoms with Gasteiger partial charge in [-0.25, -0.2) is 0 Å². The summed E-state index contributed by atoms with van der Waals surface area (Å²) in [6.45, 7) is 5.73. The van der Waals surface area contributed by atoms with E-state index in [-0.39, 0.29) is 5.91 Å². The van der Waals surface area contributed by atoms with Gasteiger partial charge in [0, 0.05) is 37.3 Å². The average molecular weight is 390 g/mol. The molecule has 2 aromatic carbocycles. The number of carbonyl (C=O) groups is 1. The van der Waals surface area contributed by atoms with Gasteiger partial charge in [0.1, 0.15) is 5.75 Å². The largest absolute Gasteiger partial charge is 0.495 e. The summed E-state index contributed by atoms with van der Waals surface area (Å²) in [4.78, 5) is 21.7. The number of anilines is 2. The van der Waals surface area contributed by atoms with Crippen LogP contribution in [0.3, 0.4) is 0 Å². The molecule has 0 atom stereocenters. The average Bonchev–Trinajstić information content (AvgIpc) is 2.74. The highest BCUT2D eigenvalue weighted by Crippen LogP contribution is 2.28. The van der Waals surface area contributed by atoms with Gasteiger partial charge in [-0.05, 0) is 31.2 Å². The number of amides is 1. The van der Waals surface area contributed by atoms with Gasteiger partial charge < -0.3 is 15.0 Å². The lowest BCUT2D eigenvalue weighted by Gasteiger charge is -2.36. The number of aromatic nitrogens is 1. The molecule has 1 fully saturated rings. The first-order chi connectivity index (χ1) is 14.1. The number of benzene rings is 2. The first-order valence-corrected chi connectivity index (χ1v) is 9.90. The van der Waals surface area contributed by atoms with Crippen LogP contribution in [-0.4, -0.2) is 55.6 Å². The van der Waals surface area contributed by atoms with Crippen molar-refractivity contribution in [3.8, 4) is 5.75 Å². The van der Waals surface area contributed by atoms with E-state index in [2.05, 4.69) is 26.2 Å². The second-order valence-electron chi connectivity index (χ2n) is 7.31. The van der Waals surface area contributed by atoms with E-state index >= 15 is 0 Å². The number of carbonyl (C=O) groups excluding carboxylic acids is 1. The highest BCUT2D eigenvalue weighted by atomic mass is 16.5. The van der Waals surface area contributed by atoms with Gasteiger partial charge in [-0.3, -0.25) is 14.7 Å². The van der Waals surface area contributed by atoms with Crippen molar-refractivity contribution in [3.05, 3.63) is 60.3 Å². The van der Waals surface area contributed by atoms with Crippen LogP contribution in [0, 0.1) is 6.92 Å². The lowest BCUT2D eigenvalue weighted by molar-refractivity contribution is -0.117. The van der Waals surface area contributed by atoms with Gasteiger partial charge in [0.25, 0.3) is 0 Å². The molecule has 0 unspecified atom stereocenters. The molecule has 6 heteroatoms. The molecule has 0 bridgehead atoms. The molecule has 1 aromatic heterocycles. The van der Waals surface area contributed by atoms with Gasteiger partial charge in [-0.1, -0.05) is 30.3 Å². The molecule has 150 valence electrons. The first-order valence-electron chi connectivity index (χ1n) is 9.90. The van der Waals surface area contributed by atoms with E-state index in [0.717, 1.165) is 59.9 Å². The van der Waals surface area contributed by atoms with E-state index in [1.165, 1.54) is 0 Å². The molecule has 0 saturated carbocycles. The summed E-state index contributed by atoms with van der Waals surface area (Å²) < 4.78 is 5.48. The molecular formula is C23H26N4O2. The third-order valence-corrected chi connectivity index (χ3v) is 5.28. The normalized spacial score (nSPS) is 14.8. The van der Waals surface area contributed by atoms with Crippen LogP contribution >= 0.6 is 0 Å². The lowest BCUT2D eigenvalue weighted by Crippen LogP contribution is -2.48. The summed E-state index contributed by atoms with van der Waals surface area (Å²) in [5, 5.41) is 4.05. The van der Waals surface area contributed by atoms with E-state index in [1.54, 1.807) is 7.11 Å². The Labute approximate surface area is 171 Å². The second-order valence-corrected chi connectivity index (χ2v) is 7.31. The summed E-state index contributed by atoms with van der Waals surface area (Å²) in [6.07, 6.45) is 0. The Bertz CT molecular complexity index is 1010. The fourth-order valence-corrected chi connectivity index (χ4v) is 3.84. The van der Waals surface area contributed by atoms with Crippen molar-refractivity contribution >= 4 is 28.2 Å². The standard InChI is InChI=1S/C23H26N4O2/c1-17-15-20(18-7-3-4-8-19(18)24-17)25-23(28)16-26-11-13-27(14-12-26)21-9-5-6-10-22(21)29-2/h3-10,15H,11-14,16H2,1-2H3,(H,24,25,28). The topological polar surface area (TPSA) is 57.7 Å². The fourth-order valence-electron chi connectivity index (χ4n) is 3.84. The Morgan fingerprint density at radius 3 is 2.59 bits per heavy atom. The Hall–Kier alpha value is -3.12. The van der Waals surface area contributed by atoms with Crippen molar-refractivity contribution in [2.45, 2.75) is 6.92 Å². The van der Waals surface area contributed by atoms with Gasteiger partial charge in [-0.15, -0.1) is 0 Å². The summed E-state index contributed by atoms with van der Waals surface area (Å²) in [7, 11) is 1.70. The lowest BCUT2D eigenvalue weighted by atomic mass is 10.1. The maximum absolute atomic E-state index is 12.7. The number of nitrogens with zero attached hydrogens (tertiary/aromatic N) is 3. The molecule has 1 amide bonds. The smallest absolute Gasteiger partial charge is 0.238 e. The molecule has 1 saturated heterocycles. The summed E-state index contributed by atoms with van der Waals surface area (Å²) in [6, 6.07) is 17.9. The Morgan fingerprint density at radius 1 is 1.07 bits per heavy atom. The molecule has 3 aromatic rings. The fraction of sp³-hybridized carbons (Fsp3) is 0.304. The van der Waals surface area contributed by atoms with Crippen molar-refractivity contribution in [2.75, 3.05) is 50.1 Å². The molecule has 1 aliphatic heterocycles. The Morgan fingerprint density at radius 2 is 1.79 bits per heavy atom. The number of pyridine rings is 1. The van der Waals surface area contributed by atoms with E-state index in [0.29, 0.717) is 6.54 Å². The van der Waals surface area contributed by atoms with Crippen LogP contribution < -0.4 is 15.0 Å². The first kappa shape index (κ1) is 19.2. The van der Waals surface area contributed by atoms with Gasteiger partial charge in [0.15, 0.2) is 0 Å². The Balaban J connectivity index is 1.37. The number of para-hydroxylation sites is 3. The third-order valence-electron chi connectivity index (χ3n) is 5.28. The maximum atomic E-state index is 12.7. The van der Waals surface area contributed by atoms with Crippen molar-refractivity contribution in [1.82, 2.24) is 9.88 Å². The minimum atomic E-state index is 0.00601. The number of hydrogen-bond donors (Lipinski definition) is 1. The van der Waals surface area contributed by atoms with Crippen LogP contribution in [0.5, 0.6) is 5.75 Å². The van der Waals surface area contributed by atoms with Crippen LogP contribution in [0.4, 0.5) is 11.4 Å². The zero-order valence-electron chi connectivity index (χ0n) is 16.9. The quantitative estimate of drug-likeness (QED) is 0.724. The summed E-state index contributed by atoms with van der Waals surface area (Å²) >= 11 is 0. The van der Waals surface area contributed by atoms with Crippen LogP contribution in [-0.2, 0) is 4.79 Å². The van der Waals surface area contributed by atoms with E-state index in [9.17, 15) is 4.79 Å². The number of nitrogens with one attached hydrogen (secondary N) is 1. The van der Waals surface area contributed by atoms with Crippen LogP contribution in [0.25, 0.3) is 10.9 Å². The number of aryl methyl sites for hydroxylation is 1. The van der Waals surface area contributed by atoms with Crippen molar-refractivity contribution in [1.29, 1.82) is 0 Å². The number of rotatable bonds is 5. The SMILES string of the molecule is COc1ccccc1N1CCN(CC(=O)Nc2cc(C)nc3ccccc23)CC1. The molecule has 0 aliphatic carbocycles. The van der Waals surface area contributed by atoms with Gasteiger partial charge in [-0.2, -0.15) is 0 Å². The van der Waals surface area contributed by atoms with E-state index in [4.69, 9.17) is 4.74 Å². The van der Waals surface area contributed by atoms with Crippen molar-refractivity contribution < 1.29 is 9.53 Å². The van der Waals surface area contributed by atoms with Gasteiger partial charge in [0.2, 0.25) is 5.91 Å². The predicted molar refractivity (Wildman–Crippen MR) is 117 cm³/mol. The van der Waals surface area contributed by atoms with Crippen molar-refractivity contribution in [2.24, 2.45) is 0 Å². The minimum absolute atomic E-state index is 0.00601. The molecule has 4 rings (SSSR count). The number of fused-ring (bicyclic) bond motifs is 1. The highest BCUT2D eigenvalue weighted by molar-refractivity contribution is 6.01. The molecule has 1 N–H and O–H groups in total. The minimum Gasteiger partial charge on any atom is -0.495 e. The van der Waals surface area contributed by atoms with E-state index < -0.39 is 0 Å². The van der Waals surface area contributed by atoms with Gasteiger partial charge in [0.05, 0.1) is 30.5 Å². The summed E-state index contributed by atoms with van der Waals surface area (Å²) in [5.41, 5.74) is 3.72. The van der Waals surface area contributed by atoms with Crippen molar-refractivity contribution in [3.63, 3.8) is 0 Å². The zero-order valence-corrected chi connectivity index (χ0v) is 16.9. The maximum Gasteiger partial charge on any atom is 0.238 e. The number of piperazine rings is 1. The number of methoxy groups -OCH3 is 1. The number of ether oxygens (including phenoxy) is 1. The molecule has 0 spiro atoms. The molecule has 2 heterocycles. The zero-order chi connectivity index (χ0) is 20.2. The highest BCUT2D eigenvalue weighted by Gasteiger charge is 2.21. The molecule has 0 radical (unpaired) electrons. The monoisotopic (exact) mass is 390 g/mol. The molecule has 6 nitrogen and oxygen atoms in total. The Kier molecular flexibility index (Phi) is 5.62. The molecular weight excluding hydrogens is 364 g/mol. The van der Waals surface area contributed by atoms with Crippen LogP contribution in [0.2, 0.25) is 0 Å². The van der Waals surface area contributed by atoms with Crippen LogP contribution in [0.1, 0.15) is 5.69 Å². The molecule has 29 heavy (non-hydrogen) atoms. The van der Waals surface area contributed by atoms with Gasteiger partial charge >= 0.3 is 0 Å². The predicted octanol–water partition coefficient (Wildman–Crippen LogP) is 3.31. The summed E-state index contributed by atoms with van der Waals surface area (Å²) in [5.74, 6) is 0.894. The third kappa shape index (κ3) is 4.32. The number of hydrogen-bond acceptors (Lipinski definition) is 5. The second kappa shape index (κ2) is 8.49. The van der Waals surface area contributed by atoms with E-state index in [1.807, 2.05) is 55.5 Å².